The van der Waals surface area contributed by atoms with E-state index in [9.17, 15) is 14.7 Å². The minimum absolute atomic E-state index is 0.0598. The van der Waals surface area contributed by atoms with Gasteiger partial charge >= 0.3 is 11.9 Å². The van der Waals surface area contributed by atoms with Gasteiger partial charge in [-0.15, -0.1) is 0 Å². The number of rotatable bonds is 3. The third kappa shape index (κ3) is 1.87. The number of methoxy groups -OCH3 is 1. The highest BCUT2D eigenvalue weighted by Gasteiger charge is 2.87. The Hall–Kier alpha value is -2.58. The van der Waals surface area contributed by atoms with Crippen LogP contribution in [0.2, 0.25) is 0 Å². The second kappa shape index (κ2) is 5.81. The maximum atomic E-state index is 13.8. The lowest BCUT2D eigenvalue weighted by molar-refractivity contribution is -0.196. The van der Waals surface area contributed by atoms with Crippen LogP contribution < -0.4 is 5.32 Å². The SMILES string of the molecule is CC=C1CN2[C@@H]3C[C@@]45c6ccc(O)cc6N[C@]4(O3)[C@@H]2C[C@@H]1[C@@]5(COC(C)=O)C(=O)OC. The van der Waals surface area contributed by atoms with Crippen LogP contribution in [-0.2, 0) is 29.2 Å². The summed E-state index contributed by atoms with van der Waals surface area (Å²) in [6.07, 6.45) is 3.20. The van der Waals surface area contributed by atoms with Gasteiger partial charge in [-0.2, -0.15) is 0 Å². The van der Waals surface area contributed by atoms with Gasteiger partial charge in [-0.3, -0.25) is 14.5 Å². The van der Waals surface area contributed by atoms with Crippen molar-refractivity contribution in [3.63, 3.8) is 0 Å². The van der Waals surface area contributed by atoms with Crippen molar-refractivity contribution in [2.24, 2.45) is 11.3 Å². The number of hydrogen-bond acceptors (Lipinski definition) is 8. The second-order valence-corrected chi connectivity index (χ2v) is 9.36. The van der Waals surface area contributed by atoms with Crippen molar-refractivity contribution in [1.82, 2.24) is 4.90 Å². The number of anilines is 1. The Bertz CT molecular complexity index is 1050. The molecule has 1 aromatic carbocycles. The van der Waals surface area contributed by atoms with Gasteiger partial charge in [0.15, 0.2) is 5.72 Å². The smallest absolute Gasteiger partial charge is 0.317 e. The van der Waals surface area contributed by atoms with Crippen LogP contribution in [0.4, 0.5) is 5.69 Å². The standard InChI is InChI=1S/C23H26N2O6/c1-4-13-10-25-18-8-16(13)21(20(28)29-3,11-30-12(2)26)22-9-19(25)31-23(18,22)24-17-7-14(27)5-6-15(17)22/h4-7,16,18-19,24,27H,8-11H2,1-3H3/t16-,18-,19-,21-,22-,23-/m0/s1. The van der Waals surface area contributed by atoms with Crippen LogP contribution in [-0.4, -0.2) is 60.2 Å². The van der Waals surface area contributed by atoms with E-state index in [1.807, 2.05) is 13.0 Å². The molecule has 4 heterocycles. The molecule has 0 amide bonds. The normalized spacial score (nSPS) is 42.3. The van der Waals surface area contributed by atoms with E-state index in [4.69, 9.17) is 14.2 Å². The number of benzene rings is 1. The summed E-state index contributed by atoms with van der Waals surface area (Å²) in [5, 5.41) is 13.7. The molecule has 31 heavy (non-hydrogen) atoms. The summed E-state index contributed by atoms with van der Waals surface area (Å²) in [7, 11) is 1.39. The first kappa shape index (κ1) is 19.1. The number of phenolic OH excluding ortho intramolecular Hbond substituents is 1. The zero-order valence-corrected chi connectivity index (χ0v) is 17.8. The molecule has 2 N–H and O–H groups in total. The molecule has 4 fully saturated rings. The summed E-state index contributed by atoms with van der Waals surface area (Å²) < 4.78 is 17.8. The highest BCUT2D eigenvalue weighted by atomic mass is 16.6. The van der Waals surface area contributed by atoms with Gasteiger partial charge in [0, 0.05) is 37.6 Å². The molecule has 3 saturated heterocycles. The molecule has 164 valence electrons. The molecule has 4 aliphatic heterocycles. The Morgan fingerprint density at radius 1 is 1.42 bits per heavy atom. The van der Waals surface area contributed by atoms with E-state index in [2.05, 4.69) is 16.3 Å². The first-order valence-electron chi connectivity index (χ1n) is 10.8. The Labute approximate surface area is 180 Å². The van der Waals surface area contributed by atoms with Gasteiger partial charge in [-0.1, -0.05) is 17.7 Å². The number of ether oxygens (including phenoxy) is 3. The molecule has 0 aromatic heterocycles. The zero-order chi connectivity index (χ0) is 21.8. The Morgan fingerprint density at radius 2 is 2.23 bits per heavy atom. The fourth-order valence-electron chi connectivity index (χ4n) is 7.56. The number of esters is 2. The molecule has 0 unspecified atom stereocenters. The Kier molecular flexibility index (Phi) is 3.58. The molecule has 1 spiro atoms. The molecule has 1 aliphatic carbocycles. The number of carbonyl (C=O) groups is 2. The van der Waals surface area contributed by atoms with E-state index in [-0.39, 0.29) is 36.5 Å². The molecule has 0 radical (unpaired) electrons. The minimum atomic E-state index is -1.15. The predicted molar refractivity (Wildman–Crippen MR) is 109 cm³/mol. The molecule has 6 atom stereocenters. The second-order valence-electron chi connectivity index (χ2n) is 9.36. The number of nitrogens with one attached hydrogen (secondary N) is 1. The number of hydrogen-bond donors (Lipinski definition) is 2. The fourth-order valence-corrected chi connectivity index (χ4v) is 7.56. The number of allylic oxidation sites excluding steroid dienone is 1. The van der Waals surface area contributed by atoms with Crippen molar-refractivity contribution < 1.29 is 28.9 Å². The quantitative estimate of drug-likeness (QED) is 0.559. The highest BCUT2D eigenvalue weighted by molar-refractivity contribution is 5.86. The number of phenols is 1. The van der Waals surface area contributed by atoms with Gasteiger partial charge in [-0.05, 0) is 25.0 Å². The van der Waals surface area contributed by atoms with Crippen molar-refractivity contribution in [3.05, 3.63) is 35.4 Å². The molecular formula is C23H26N2O6. The molecule has 6 rings (SSSR count). The highest BCUT2D eigenvalue weighted by Crippen LogP contribution is 2.76. The van der Waals surface area contributed by atoms with E-state index in [1.165, 1.54) is 14.0 Å². The largest absolute Gasteiger partial charge is 0.508 e. The Morgan fingerprint density at radius 3 is 2.94 bits per heavy atom. The summed E-state index contributed by atoms with van der Waals surface area (Å²) >= 11 is 0. The maximum absolute atomic E-state index is 13.8. The molecule has 8 heteroatoms. The van der Waals surface area contributed by atoms with Gasteiger partial charge in [0.05, 0.1) is 18.6 Å². The van der Waals surface area contributed by atoms with Crippen molar-refractivity contribution in [3.8, 4) is 5.75 Å². The van der Waals surface area contributed by atoms with Crippen LogP contribution in [0.3, 0.4) is 0 Å². The van der Waals surface area contributed by atoms with Crippen molar-refractivity contribution in [2.75, 3.05) is 25.6 Å². The number of nitrogens with zero attached hydrogens (tertiary/aromatic N) is 1. The molecule has 1 aromatic rings. The van der Waals surface area contributed by atoms with Crippen LogP contribution in [0.1, 0.15) is 32.3 Å². The lowest BCUT2D eigenvalue weighted by atomic mass is 9.42. The van der Waals surface area contributed by atoms with Crippen LogP contribution in [0.15, 0.2) is 29.8 Å². The lowest BCUT2D eigenvalue weighted by Gasteiger charge is -2.64. The molecule has 1 saturated carbocycles. The van der Waals surface area contributed by atoms with Crippen LogP contribution in [0, 0.1) is 11.3 Å². The molecular weight excluding hydrogens is 400 g/mol. The summed E-state index contributed by atoms with van der Waals surface area (Å²) in [6.45, 7) is 3.98. The summed E-state index contributed by atoms with van der Waals surface area (Å²) in [6, 6.07) is 5.27. The minimum Gasteiger partial charge on any atom is -0.508 e. The van der Waals surface area contributed by atoms with Gasteiger partial charge in [0.1, 0.15) is 24.0 Å². The monoisotopic (exact) mass is 426 g/mol. The third-order valence-electron chi connectivity index (χ3n) is 8.51. The van der Waals surface area contributed by atoms with Crippen LogP contribution in [0.5, 0.6) is 5.75 Å². The van der Waals surface area contributed by atoms with Gasteiger partial charge in [0.25, 0.3) is 0 Å². The van der Waals surface area contributed by atoms with Crippen molar-refractivity contribution in [2.45, 2.75) is 50.1 Å². The van der Waals surface area contributed by atoms with E-state index < -0.39 is 22.5 Å². The third-order valence-corrected chi connectivity index (χ3v) is 8.51. The fraction of sp³-hybridized carbons (Fsp3) is 0.565. The van der Waals surface area contributed by atoms with Gasteiger partial charge in [0.2, 0.25) is 0 Å². The van der Waals surface area contributed by atoms with Gasteiger partial charge < -0.3 is 24.6 Å². The molecule has 4 bridgehead atoms. The summed E-state index contributed by atoms with van der Waals surface area (Å²) in [5.41, 5.74) is 0.0158. The first-order valence-corrected chi connectivity index (χ1v) is 10.8. The summed E-state index contributed by atoms with van der Waals surface area (Å²) in [4.78, 5) is 28.2. The number of fused-ring (bicyclic) bond motifs is 4. The number of aromatic hydroxyl groups is 1. The van der Waals surface area contributed by atoms with E-state index >= 15 is 0 Å². The summed E-state index contributed by atoms with van der Waals surface area (Å²) in [5.74, 6) is -0.827. The molecule has 5 aliphatic rings. The number of carbonyl (C=O) groups excluding carboxylic acids is 2. The van der Waals surface area contributed by atoms with E-state index in [0.717, 1.165) is 16.8 Å². The van der Waals surface area contributed by atoms with Crippen LogP contribution in [0.25, 0.3) is 0 Å². The predicted octanol–water partition coefficient (Wildman–Crippen LogP) is 1.88. The van der Waals surface area contributed by atoms with Gasteiger partial charge in [-0.25, -0.2) is 0 Å². The lowest BCUT2D eigenvalue weighted by Crippen LogP contribution is -2.78. The average molecular weight is 426 g/mol. The zero-order valence-electron chi connectivity index (χ0n) is 17.8. The average Bonchev–Trinajstić information content (AvgIpc) is 3.34. The van der Waals surface area contributed by atoms with E-state index in [1.54, 1.807) is 12.1 Å². The van der Waals surface area contributed by atoms with Crippen molar-refractivity contribution >= 4 is 17.6 Å². The van der Waals surface area contributed by atoms with Crippen LogP contribution >= 0.6 is 0 Å². The first-order chi connectivity index (χ1) is 14.8. The number of piperidine rings is 2. The Balaban J connectivity index is 1.69. The maximum Gasteiger partial charge on any atom is 0.317 e. The van der Waals surface area contributed by atoms with E-state index in [0.29, 0.717) is 19.4 Å². The topological polar surface area (TPSA) is 97.3 Å². The van der Waals surface area contributed by atoms with Crippen molar-refractivity contribution in [1.29, 1.82) is 0 Å². The molecule has 8 nitrogen and oxygen atoms in total.